The predicted octanol–water partition coefficient (Wildman–Crippen LogP) is 4.84. The Morgan fingerprint density at radius 1 is 1.12 bits per heavy atom. The third-order valence-corrected chi connectivity index (χ3v) is 4.71. The van der Waals surface area contributed by atoms with E-state index in [4.69, 9.17) is 4.74 Å². The first-order valence-corrected chi connectivity index (χ1v) is 8.54. The third-order valence-electron chi connectivity index (χ3n) is 3.65. The van der Waals surface area contributed by atoms with Gasteiger partial charge in [0.1, 0.15) is 0 Å². The van der Waals surface area contributed by atoms with E-state index in [2.05, 4.69) is 6.58 Å². The van der Waals surface area contributed by atoms with Gasteiger partial charge in [-0.15, -0.1) is 6.58 Å². The predicted molar refractivity (Wildman–Crippen MR) is 97.3 cm³/mol. The van der Waals surface area contributed by atoms with Crippen molar-refractivity contribution in [2.45, 2.75) is 23.7 Å². The van der Waals surface area contributed by atoms with E-state index >= 15 is 0 Å². The Morgan fingerprint density at radius 2 is 1.79 bits per heavy atom. The van der Waals surface area contributed by atoms with Crippen molar-refractivity contribution < 1.29 is 14.3 Å². The maximum Gasteiger partial charge on any atom is 0.339 e. The summed E-state index contributed by atoms with van der Waals surface area (Å²) in [5.74, 6) is -0.673. The first kappa shape index (κ1) is 18.0. The van der Waals surface area contributed by atoms with E-state index in [-0.39, 0.29) is 11.0 Å². The van der Waals surface area contributed by atoms with Crippen molar-refractivity contribution in [2.24, 2.45) is 0 Å². The Balaban J connectivity index is 2.25. The molecule has 2 aromatic rings. The molecule has 0 radical (unpaired) electrons. The van der Waals surface area contributed by atoms with Gasteiger partial charge in [0.2, 0.25) is 5.12 Å². The number of thioether (sulfide) groups is 1. The van der Waals surface area contributed by atoms with E-state index in [1.807, 2.05) is 42.5 Å². The van der Waals surface area contributed by atoms with Gasteiger partial charge < -0.3 is 4.74 Å². The van der Waals surface area contributed by atoms with Gasteiger partial charge in [-0.1, -0.05) is 60.3 Å². The van der Waals surface area contributed by atoms with Gasteiger partial charge in [-0.05, 0) is 30.5 Å². The van der Waals surface area contributed by atoms with Crippen molar-refractivity contribution in [2.75, 3.05) is 7.11 Å². The van der Waals surface area contributed by atoms with Gasteiger partial charge in [0.05, 0.1) is 18.6 Å². The Labute approximate surface area is 146 Å². The van der Waals surface area contributed by atoms with E-state index in [1.54, 1.807) is 18.2 Å². The Bertz CT molecular complexity index is 710. The summed E-state index contributed by atoms with van der Waals surface area (Å²) in [6, 6.07) is 16.7. The summed E-state index contributed by atoms with van der Waals surface area (Å²) in [7, 11) is 1.34. The number of methoxy groups -OCH3 is 1. The molecule has 2 rings (SSSR count). The zero-order valence-corrected chi connectivity index (χ0v) is 14.4. The molecule has 1 unspecified atom stereocenters. The van der Waals surface area contributed by atoms with E-state index in [9.17, 15) is 9.59 Å². The smallest absolute Gasteiger partial charge is 0.339 e. The molecule has 1 atom stereocenters. The Morgan fingerprint density at radius 3 is 2.46 bits per heavy atom. The zero-order valence-electron chi connectivity index (χ0n) is 13.6. The van der Waals surface area contributed by atoms with E-state index < -0.39 is 5.97 Å². The number of carbonyl (C=O) groups excluding carboxylic acids is 2. The lowest BCUT2D eigenvalue weighted by atomic mass is 9.95. The molecular weight excluding hydrogens is 320 g/mol. The van der Waals surface area contributed by atoms with Crippen LogP contribution < -0.4 is 0 Å². The lowest BCUT2D eigenvalue weighted by molar-refractivity contribution is -0.112. The molecule has 124 valence electrons. The quantitative estimate of drug-likeness (QED) is 0.411. The number of hydrogen-bond acceptors (Lipinski definition) is 4. The molecule has 0 N–H and O–H groups in total. The molecule has 0 aliphatic rings. The first-order valence-electron chi connectivity index (χ1n) is 7.72. The molecule has 0 aliphatic heterocycles. The Hall–Kier alpha value is -2.33. The van der Waals surface area contributed by atoms with Crippen LogP contribution in [-0.4, -0.2) is 18.2 Å². The summed E-state index contributed by atoms with van der Waals surface area (Å²) >= 11 is 1.09. The molecule has 0 aromatic heterocycles. The molecule has 0 saturated carbocycles. The summed E-state index contributed by atoms with van der Waals surface area (Å²) < 4.78 is 4.79. The van der Waals surface area contributed by atoms with Crippen LogP contribution in [0.3, 0.4) is 0 Å². The standard InChI is InChI=1S/C20H20O3S/c1-3-4-12-16(15-10-6-5-7-11-15)20(22)24-18-14-9-8-13-17(18)19(21)23-2/h3,5-11,13-14,16H,1,4,12H2,2H3. The number of esters is 1. The fourth-order valence-electron chi connectivity index (χ4n) is 2.40. The number of benzene rings is 2. The van der Waals surface area contributed by atoms with Crippen molar-refractivity contribution >= 4 is 22.8 Å². The molecule has 0 spiro atoms. The largest absolute Gasteiger partial charge is 0.465 e. The maximum absolute atomic E-state index is 12.9. The number of ether oxygens (including phenoxy) is 1. The van der Waals surface area contributed by atoms with Gasteiger partial charge >= 0.3 is 5.97 Å². The van der Waals surface area contributed by atoms with Crippen LogP contribution in [0.4, 0.5) is 0 Å². The minimum Gasteiger partial charge on any atom is -0.465 e. The summed E-state index contributed by atoms with van der Waals surface area (Å²) in [6.07, 6.45) is 3.26. The molecule has 0 heterocycles. The highest BCUT2D eigenvalue weighted by Gasteiger charge is 2.23. The minimum absolute atomic E-state index is 0.0133. The molecule has 0 aliphatic carbocycles. The van der Waals surface area contributed by atoms with Crippen molar-refractivity contribution in [1.82, 2.24) is 0 Å². The van der Waals surface area contributed by atoms with E-state index in [0.717, 1.165) is 23.7 Å². The van der Waals surface area contributed by atoms with Crippen molar-refractivity contribution in [3.63, 3.8) is 0 Å². The van der Waals surface area contributed by atoms with Gasteiger partial charge in [-0.3, -0.25) is 4.79 Å². The second kappa shape index (κ2) is 9.08. The van der Waals surface area contributed by atoms with Crippen LogP contribution in [0.15, 0.2) is 72.1 Å². The van der Waals surface area contributed by atoms with E-state index in [0.29, 0.717) is 16.9 Å². The van der Waals surface area contributed by atoms with Crippen LogP contribution in [0.5, 0.6) is 0 Å². The van der Waals surface area contributed by atoms with Crippen LogP contribution in [-0.2, 0) is 9.53 Å². The van der Waals surface area contributed by atoms with Crippen molar-refractivity contribution in [3.8, 4) is 0 Å². The summed E-state index contributed by atoms with van der Waals surface area (Å²) in [6.45, 7) is 3.74. The molecule has 4 heteroatoms. The lowest BCUT2D eigenvalue weighted by Gasteiger charge is -2.16. The van der Waals surface area contributed by atoms with Gasteiger partial charge in [-0.25, -0.2) is 4.79 Å². The third kappa shape index (κ3) is 4.59. The van der Waals surface area contributed by atoms with Crippen molar-refractivity contribution in [3.05, 3.63) is 78.4 Å². The molecule has 0 bridgehead atoms. The van der Waals surface area contributed by atoms with Gasteiger partial charge in [0.15, 0.2) is 0 Å². The SMILES string of the molecule is C=CCCC(C(=O)Sc1ccccc1C(=O)OC)c1ccccc1. The van der Waals surface area contributed by atoms with Crippen LogP contribution in [0.25, 0.3) is 0 Å². The summed E-state index contributed by atoms with van der Waals surface area (Å²) in [5, 5.41) is 0.0133. The van der Waals surface area contributed by atoms with Gasteiger partial charge in [0.25, 0.3) is 0 Å². The molecular formula is C20H20O3S. The molecule has 24 heavy (non-hydrogen) atoms. The number of carbonyl (C=O) groups is 2. The number of allylic oxidation sites excluding steroid dienone is 1. The average Bonchev–Trinajstić information content (AvgIpc) is 2.62. The number of hydrogen-bond donors (Lipinski definition) is 0. The highest BCUT2D eigenvalue weighted by molar-refractivity contribution is 8.13. The molecule has 0 amide bonds. The summed E-state index contributed by atoms with van der Waals surface area (Å²) in [4.78, 5) is 25.3. The van der Waals surface area contributed by atoms with Crippen LogP contribution >= 0.6 is 11.8 Å². The van der Waals surface area contributed by atoms with Crippen LogP contribution in [0.2, 0.25) is 0 Å². The topological polar surface area (TPSA) is 43.4 Å². The second-order valence-corrected chi connectivity index (χ2v) is 6.28. The Kier molecular flexibility index (Phi) is 6.82. The maximum atomic E-state index is 12.9. The fraction of sp³-hybridized carbons (Fsp3) is 0.200. The van der Waals surface area contributed by atoms with Crippen LogP contribution in [0.1, 0.15) is 34.7 Å². The second-order valence-electron chi connectivity index (χ2n) is 5.24. The summed E-state index contributed by atoms with van der Waals surface area (Å²) in [5.41, 5.74) is 1.39. The normalized spacial score (nSPS) is 11.5. The highest BCUT2D eigenvalue weighted by Crippen LogP contribution is 2.33. The molecule has 2 aromatic carbocycles. The monoisotopic (exact) mass is 340 g/mol. The fourth-order valence-corrected chi connectivity index (χ4v) is 3.43. The molecule has 3 nitrogen and oxygen atoms in total. The molecule has 0 fully saturated rings. The minimum atomic E-state index is -0.437. The first-order chi connectivity index (χ1) is 11.7. The lowest BCUT2D eigenvalue weighted by Crippen LogP contribution is -2.10. The van der Waals surface area contributed by atoms with Gasteiger partial charge in [-0.2, -0.15) is 0 Å². The van der Waals surface area contributed by atoms with Gasteiger partial charge in [0, 0.05) is 4.90 Å². The van der Waals surface area contributed by atoms with Crippen molar-refractivity contribution in [1.29, 1.82) is 0 Å². The molecule has 0 saturated heterocycles. The number of rotatable bonds is 7. The highest BCUT2D eigenvalue weighted by atomic mass is 32.2. The van der Waals surface area contributed by atoms with E-state index in [1.165, 1.54) is 7.11 Å². The zero-order chi connectivity index (χ0) is 17.4. The van der Waals surface area contributed by atoms with Crippen LogP contribution in [0, 0.1) is 0 Å². The average molecular weight is 340 g/mol.